The summed E-state index contributed by atoms with van der Waals surface area (Å²) in [6.07, 6.45) is 1.15. The van der Waals surface area contributed by atoms with E-state index in [1.807, 2.05) is 18.7 Å². The van der Waals surface area contributed by atoms with Crippen molar-refractivity contribution in [3.05, 3.63) is 0 Å². The largest absolute Gasteiger partial charge is 0.393 e. The van der Waals surface area contributed by atoms with Crippen molar-refractivity contribution >= 4 is 23.1 Å². The second kappa shape index (κ2) is 7.20. The van der Waals surface area contributed by atoms with Crippen LogP contribution in [0.25, 0.3) is 0 Å². The molecule has 110 valence electrons. The number of carbonyl (C=O) groups is 1. The zero-order valence-electron chi connectivity index (χ0n) is 12.6. The van der Waals surface area contributed by atoms with Gasteiger partial charge in [0.15, 0.2) is 0 Å². The summed E-state index contributed by atoms with van der Waals surface area (Å²) in [6, 6.07) is 0.591. The van der Waals surface area contributed by atoms with E-state index >= 15 is 0 Å². The molecule has 0 aromatic carbocycles. The van der Waals surface area contributed by atoms with Crippen molar-refractivity contribution in [2.24, 2.45) is 17.6 Å². The van der Waals surface area contributed by atoms with Gasteiger partial charge in [0.1, 0.15) is 0 Å². The number of hydrogen-bond acceptors (Lipinski definition) is 3. The first-order valence-corrected chi connectivity index (χ1v) is 7.61. The summed E-state index contributed by atoms with van der Waals surface area (Å²) in [5.74, 6) is -0.0472. The van der Waals surface area contributed by atoms with Crippen LogP contribution in [0.15, 0.2) is 0 Å². The average molecular weight is 285 g/mol. The van der Waals surface area contributed by atoms with Gasteiger partial charge in [0.05, 0.1) is 10.9 Å². The van der Waals surface area contributed by atoms with Gasteiger partial charge in [-0.1, -0.05) is 33.0 Å². The molecule has 2 N–H and O–H groups in total. The Hall–Kier alpha value is -0.680. The number of piperazine rings is 1. The molecule has 1 aliphatic rings. The Morgan fingerprint density at radius 2 is 1.74 bits per heavy atom. The highest BCUT2D eigenvalue weighted by Crippen LogP contribution is 2.17. The molecule has 4 nitrogen and oxygen atoms in total. The van der Waals surface area contributed by atoms with E-state index in [1.54, 1.807) is 0 Å². The third-order valence-corrected chi connectivity index (χ3v) is 4.33. The number of amides is 1. The summed E-state index contributed by atoms with van der Waals surface area (Å²) < 4.78 is 0. The minimum atomic E-state index is -0.315. The number of nitrogens with two attached hydrogens (primary N) is 1. The van der Waals surface area contributed by atoms with Crippen LogP contribution in [0.2, 0.25) is 0 Å². The summed E-state index contributed by atoms with van der Waals surface area (Å²) in [5, 5.41) is 0. The van der Waals surface area contributed by atoms with Crippen molar-refractivity contribution in [2.45, 2.75) is 40.2 Å². The van der Waals surface area contributed by atoms with Crippen LogP contribution in [0.5, 0.6) is 0 Å². The highest BCUT2D eigenvalue weighted by atomic mass is 32.1. The molecule has 0 aromatic rings. The minimum Gasteiger partial charge on any atom is -0.393 e. The van der Waals surface area contributed by atoms with Gasteiger partial charge in [-0.2, -0.15) is 0 Å². The van der Waals surface area contributed by atoms with Crippen LogP contribution < -0.4 is 5.73 Å². The van der Waals surface area contributed by atoms with E-state index < -0.39 is 0 Å². The van der Waals surface area contributed by atoms with Gasteiger partial charge in [0.2, 0.25) is 5.91 Å². The maximum absolute atomic E-state index is 12.5. The predicted molar refractivity (Wildman–Crippen MR) is 83.0 cm³/mol. The zero-order valence-corrected chi connectivity index (χ0v) is 13.4. The lowest BCUT2D eigenvalue weighted by Gasteiger charge is -2.39. The van der Waals surface area contributed by atoms with E-state index in [0.717, 1.165) is 32.6 Å². The fourth-order valence-electron chi connectivity index (χ4n) is 2.57. The first-order chi connectivity index (χ1) is 8.88. The number of rotatable bonds is 5. The van der Waals surface area contributed by atoms with Crippen LogP contribution in [0.1, 0.15) is 34.1 Å². The summed E-state index contributed by atoms with van der Waals surface area (Å²) >= 11 is 5.04. The lowest BCUT2D eigenvalue weighted by Crippen LogP contribution is -2.54. The molecular formula is C14H27N3OS. The molecule has 1 saturated heterocycles. The highest BCUT2D eigenvalue weighted by molar-refractivity contribution is 7.80. The number of hydrogen-bond donors (Lipinski definition) is 1. The molecule has 2 unspecified atom stereocenters. The third-order valence-electron chi connectivity index (χ3n) is 4.08. The van der Waals surface area contributed by atoms with Gasteiger partial charge in [-0.15, -0.1) is 0 Å². The lowest BCUT2D eigenvalue weighted by atomic mass is 9.94. The number of carbonyl (C=O) groups excluding carboxylic acids is 1. The molecule has 0 radical (unpaired) electrons. The van der Waals surface area contributed by atoms with E-state index in [-0.39, 0.29) is 17.7 Å². The second-order valence-electron chi connectivity index (χ2n) is 5.74. The van der Waals surface area contributed by atoms with E-state index in [4.69, 9.17) is 18.0 Å². The van der Waals surface area contributed by atoms with Crippen molar-refractivity contribution in [2.75, 3.05) is 26.2 Å². The summed E-state index contributed by atoms with van der Waals surface area (Å²) in [6.45, 7) is 11.9. The average Bonchev–Trinajstić information content (AvgIpc) is 2.37. The first-order valence-electron chi connectivity index (χ1n) is 7.20. The molecule has 0 saturated carbocycles. The lowest BCUT2D eigenvalue weighted by molar-refractivity contribution is -0.136. The summed E-state index contributed by atoms with van der Waals surface area (Å²) in [7, 11) is 0. The molecule has 0 bridgehead atoms. The fourth-order valence-corrected chi connectivity index (χ4v) is 2.95. The van der Waals surface area contributed by atoms with E-state index in [2.05, 4.69) is 18.7 Å². The van der Waals surface area contributed by atoms with Crippen LogP contribution in [0, 0.1) is 11.8 Å². The quantitative estimate of drug-likeness (QED) is 0.778. The van der Waals surface area contributed by atoms with Crippen molar-refractivity contribution in [1.29, 1.82) is 0 Å². The molecular weight excluding hydrogens is 258 g/mol. The highest BCUT2D eigenvalue weighted by Gasteiger charge is 2.31. The Kier molecular flexibility index (Phi) is 6.20. The van der Waals surface area contributed by atoms with Crippen LogP contribution in [-0.4, -0.2) is 52.9 Å². The Morgan fingerprint density at radius 1 is 1.21 bits per heavy atom. The van der Waals surface area contributed by atoms with Gasteiger partial charge in [-0.25, -0.2) is 0 Å². The van der Waals surface area contributed by atoms with Gasteiger partial charge in [-0.3, -0.25) is 9.69 Å². The fraction of sp³-hybridized carbons (Fsp3) is 0.857. The van der Waals surface area contributed by atoms with Gasteiger partial charge < -0.3 is 10.6 Å². The Balaban J connectivity index is 2.59. The third kappa shape index (κ3) is 4.14. The molecule has 1 heterocycles. The second-order valence-corrected chi connectivity index (χ2v) is 6.21. The SMILES string of the molecule is CCC(C)N1CCN(C(=O)C(C(N)=S)C(C)C)CC1. The monoisotopic (exact) mass is 285 g/mol. The maximum Gasteiger partial charge on any atom is 0.232 e. The van der Waals surface area contributed by atoms with Crippen molar-refractivity contribution in [1.82, 2.24) is 9.80 Å². The van der Waals surface area contributed by atoms with E-state index in [0.29, 0.717) is 11.0 Å². The Labute approximate surface area is 122 Å². The summed E-state index contributed by atoms with van der Waals surface area (Å²) in [4.78, 5) is 17.1. The summed E-state index contributed by atoms with van der Waals surface area (Å²) in [5.41, 5.74) is 5.72. The van der Waals surface area contributed by atoms with Crippen molar-refractivity contribution < 1.29 is 4.79 Å². The van der Waals surface area contributed by atoms with Crippen molar-refractivity contribution in [3.8, 4) is 0 Å². The van der Waals surface area contributed by atoms with Crippen LogP contribution >= 0.6 is 12.2 Å². The maximum atomic E-state index is 12.5. The molecule has 19 heavy (non-hydrogen) atoms. The molecule has 0 spiro atoms. The van der Waals surface area contributed by atoms with Gasteiger partial charge in [0, 0.05) is 32.2 Å². The van der Waals surface area contributed by atoms with Crippen LogP contribution in [0.3, 0.4) is 0 Å². The minimum absolute atomic E-state index is 0.103. The molecule has 5 heteroatoms. The standard InChI is InChI=1S/C14H27N3OS/c1-5-11(4)16-6-8-17(9-7-16)14(18)12(10(2)3)13(15)19/h10-12H,5-9H2,1-4H3,(H2,15,19). The van der Waals surface area contributed by atoms with Crippen LogP contribution in [-0.2, 0) is 4.79 Å². The van der Waals surface area contributed by atoms with Crippen LogP contribution in [0.4, 0.5) is 0 Å². The van der Waals surface area contributed by atoms with E-state index in [1.165, 1.54) is 0 Å². The number of nitrogens with zero attached hydrogens (tertiary/aromatic N) is 2. The Morgan fingerprint density at radius 3 is 2.11 bits per heavy atom. The topological polar surface area (TPSA) is 49.6 Å². The number of thiocarbonyl (C=S) groups is 1. The molecule has 0 aromatic heterocycles. The molecule has 1 rings (SSSR count). The smallest absolute Gasteiger partial charge is 0.232 e. The van der Waals surface area contributed by atoms with E-state index in [9.17, 15) is 4.79 Å². The molecule has 1 amide bonds. The van der Waals surface area contributed by atoms with Gasteiger partial charge in [-0.05, 0) is 19.3 Å². The zero-order chi connectivity index (χ0) is 14.6. The molecule has 1 aliphatic heterocycles. The van der Waals surface area contributed by atoms with Crippen molar-refractivity contribution in [3.63, 3.8) is 0 Å². The predicted octanol–water partition coefficient (Wildman–Crippen LogP) is 1.49. The molecule has 1 fully saturated rings. The molecule has 2 atom stereocenters. The van der Waals surface area contributed by atoms with Gasteiger partial charge >= 0.3 is 0 Å². The first kappa shape index (κ1) is 16.4. The molecule has 0 aliphatic carbocycles. The Bertz CT molecular complexity index is 325. The van der Waals surface area contributed by atoms with Gasteiger partial charge in [0.25, 0.3) is 0 Å². The normalized spacial score (nSPS) is 20.4.